The van der Waals surface area contributed by atoms with E-state index < -0.39 is 0 Å². The van der Waals surface area contributed by atoms with Gasteiger partial charge in [-0.2, -0.15) is 0 Å². The van der Waals surface area contributed by atoms with Crippen LogP contribution in [-0.2, 0) is 46.3 Å². The summed E-state index contributed by atoms with van der Waals surface area (Å²) in [5.41, 5.74) is 5.79. The standard InChI is InChI=1S/C12H12N2.C8H6N2S2.Pt/c1-9-3-5-11(13-7-9)12-6-4-10(2)8-14-12;11-7-8(12)10-6-4-2-1-3-5(6)9-7;/h3-8H,1-2H3;1-4H,(H,9,11)(H,10,12);/q;;+2/p-2. The Bertz CT molecular complexity index is 938. The van der Waals surface area contributed by atoms with Gasteiger partial charge in [-0.1, -0.05) is 34.3 Å². The zero-order valence-corrected chi connectivity index (χ0v) is 18.6. The molecule has 4 aromatic rings. The number of rotatable bonds is 1. The predicted molar refractivity (Wildman–Crippen MR) is 108 cm³/mol. The summed E-state index contributed by atoms with van der Waals surface area (Å²) in [5, 5.41) is 0.812. The van der Waals surface area contributed by atoms with Gasteiger partial charge in [0.05, 0.1) is 22.4 Å². The Hall–Kier alpha value is -2.01. The molecule has 138 valence electrons. The maximum Gasteiger partial charge on any atom is 2.00 e. The second-order valence-corrected chi connectivity index (χ2v) is 6.54. The van der Waals surface area contributed by atoms with Crippen molar-refractivity contribution >= 4 is 36.3 Å². The number of aromatic nitrogens is 4. The van der Waals surface area contributed by atoms with Crippen LogP contribution in [0.4, 0.5) is 0 Å². The molecule has 0 fully saturated rings. The van der Waals surface area contributed by atoms with E-state index >= 15 is 0 Å². The van der Waals surface area contributed by atoms with Gasteiger partial charge in [0, 0.05) is 12.4 Å². The molecule has 0 amide bonds. The topological polar surface area (TPSA) is 51.6 Å². The van der Waals surface area contributed by atoms with Crippen LogP contribution in [-0.4, -0.2) is 19.9 Å². The molecule has 0 atom stereocenters. The number of pyridine rings is 2. The van der Waals surface area contributed by atoms with E-state index in [1.807, 2.05) is 74.8 Å². The minimum atomic E-state index is 0. The smallest absolute Gasteiger partial charge is 0.760 e. The molecule has 4 nitrogen and oxygen atoms in total. The van der Waals surface area contributed by atoms with Gasteiger partial charge in [-0.3, -0.25) is 19.9 Å². The molecule has 0 bridgehead atoms. The van der Waals surface area contributed by atoms with Gasteiger partial charge in [0.1, 0.15) is 0 Å². The first-order valence-electron chi connectivity index (χ1n) is 7.99. The maximum atomic E-state index is 4.90. The summed E-state index contributed by atoms with van der Waals surface area (Å²) in [7, 11) is 0. The van der Waals surface area contributed by atoms with Crippen molar-refractivity contribution in [1.29, 1.82) is 0 Å². The average molecular weight is 572 g/mol. The molecule has 27 heavy (non-hydrogen) atoms. The van der Waals surface area contributed by atoms with Crippen molar-refractivity contribution in [2.24, 2.45) is 0 Å². The number of aryl methyl sites for hydroxylation is 2. The summed E-state index contributed by atoms with van der Waals surface area (Å²) >= 11 is 9.81. The van der Waals surface area contributed by atoms with Crippen LogP contribution >= 0.6 is 0 Å². The van der Waals surface area contributed by atoms with Gasteiger partial charge in [0.15, 0.2) is 0 Å². The molecule has 0 N–H and O–H groups in total. The van der Waals surface area contributed by atoms with E-state index in [1.54, 1.807) is 0 Å². The summed E-state index contributed by atoms with van der Waals surface area (Å²) in [6, 6.07) is 15.6. The number of fused-ring (bicyclic) bond motifs is 1. The van der Waals surface area contributed by atoms with Crippen molar-refractivity contribution in [2.45, 2.75) is 23.9 Å². The van der Waals surface area contributed by atoms with Crippen molar-refractivity contribution in [3.05, 3.63) is 72.1 Å². The van der Waals surface area contributed by atoms with E-state index in [4.69, 9.17) is 25.3 Å². The summed E-state index contributed by atoms with van der Waals surface area (Å²) in [6.07, 6.45) is 3.72. The van der Waals surface area contributed by atoms with Gasteiger partial charge in [-0.15, -0.1) is 0 Å². The summed E-state index contributed by atoms with van der Waals surface area (Å²) in [6.45, 7) is 4.05. The quantitative estimate of drug-likeness (QED) is 0.320. The molecule has 0 spiro atoms. The van der Waals surface area contributed by atoms with Gasteiger partial charge in [0.2, 0.25) is 0 Å². The minimum Gasteiger partial charge on any atom is -0.760 e. The molecule has 7 heteroatoms. The molecule has 4 rings (SSSR count). The van der Waals surface area contributed by atoms with Crippen molar-refractivity contribution in [3.8, 4) is 11.4 Å². The number of hydrogen-bond acceptors (Lipinski definition) is 6. The monoisotopic (exact) mass is 571 g/mol. The Kier molecular flexibility index (Phi) is 7.72. The summed E-state index contributed by atoms with van der Waals surface area (Å²) < 4.78 is 0. The molecular formula is C20H16N4PtS2. The Morgan fingerprint density at radius 3 is 1.37 bits per heavy atom. The molecule has 1 aromatic carbocycles. The van der Waals surface area contributed by atoms with Crippen LogP contribution in [0.25, 0.3) is 22.4 Å². The third kappa shape index (κ3) is 5.73. The number of para-hydroxylation sites is 2. The first kappa shape index (κ1) is 21.3. The van der Waals surface area contributed by atoms with Crippen molar-refractivity contribution in [2.75, 3.05) is 0 Å². The Morgan fingerprint density at radius 1 is 0.630 bits per heavy atom. The molecular weight excluding hydrogens is 555 g/mol. The Labute approximate surface area is 184 Å². The molecule has 0 aliphatic heterocycles. The molecule has 3 aromatic heterocycles. The SMILES string of the molecule is Cc1ccc(-c2ccc(C)cn2)nc1.[Pt+2].[S-]c1nc2ccccc2nc1[S-]. The summed E-state index contributed by atoms with van der Waals surface area (Å²) in [4.78, 5) is 16.9. The van der Waals surface area contributed by atoms with Gasteiger partial charge < -0.3 is 25.3 Å². The number of nitrogens with zero attached hydrogens (tertiary/aromatic N) is 4. The van der Waals surface area contributed by atoms with Crippen LogP contribution in [0.5, 0.6) is 0 Å². The summed E-state index contributed by atoms with van der Waals surface area (Å²) in [5.74, 6) is 0. The minimum absolute atomic E-state index is 0. The van der Waals surface area contributed by atoms with Gasteiger partial charge >= 0.3 is 21.1 Å². The Balaban J connectivity index is 0.000000189. The van der Waals surface area contributed by atoms with E-state index in [-0.39, 0.29) is 21.1 Å². The normalized spacial score (nSPS) is 9.85. The van der Waals surface area contributed by atoms with Gasteiger partial charge in [-0.05, 0) is 49.2 Å². The molecule has 0 aliphatic carbocycles. The second-order valence-electron chi connectivity index (χ2n) is 5.76. The fourth-order valence-corrected chi connectivity index (χ4v) is 2.49. The largest absolute Gasteiger partial charge is 2.00 e. The molecule has 3 heterocycles. The van der Waals surface area contributed by atoms with E-state index in [2.05, 4.69) is 19.9 Å². The van der Waals surface area contributed by atoms with Crippen LogP contribution in [0.1, 0.15) is 11.1 Å². The first-order chi connectivity index (χ1) is 12.5. The van der Waals surface area contributed by atoms with E-state index in [0.717, 1.165) is 22.4 Å². The van der Waals surface area contributed by atoms with Crippen molar-refractivity contribution < 1.29 is 21.1 Å². The van der Waals surface area contributed by atoms with Crippen LogP contribution in [0.2, 0.25) is 0 Å². The fourth-order valence-electron chi connectivity index (χ4n) is 2.21. The second kappa shape index (κ2) is 9.79. The van der Waals surface area contributed by atoms with Gasteiger partial charge in [-0.25, -0.2) is 0 Å². The zero-order chi connectivity index (χ0) is 18.5. The zero-order valence-electron chi connectivity index (χ0n) is 14.7. The van der Waals surface area contributed by atoms with Crippen molar-refractivity contribution in [3.63, 3.8) is 0 Å². The first-order valence-corrected chi connectivity index (χ1v) is 8.81. The average Bonchev–Trinajstić information content (AvgIpc) is 2.65. The van der Waals surface area contributed by atoms with Gasteiger partial charge in [0.25, 0.3) is 0 Å². The van der Waals surface area contributed by atoms with Crippen LogP contribution in [0, 0.1) is 13.8 Å². The van der Waals surface area contributed by atoms with E-state index in [9.17, 15) is 0 Å². The molecule has 0 aliphatic rings. The molecule has 0 saturated carbocycles. The van der Waals surface area contributed by atoms with Crippen LogP contribution in [0.15, 0.2) is 71.0 Å². The molecule has 0 saturated heterocycles. The third-order valence-electron chi connectivity index (χ3n) is 3.59. The fraction of sp³-hybridized carbons (Fsp3) is 0.100. The van der Waals surface area contributed by atoms with Crippen LogP contribution < -0.4 is 0 Å². The number of benzene rings is 1. The van der Waals surface area contributed by atoms with Crippen molar-refractivity contribution in [1.82, 2.24) is 19.9 Å². The Morgan fingerprint density at radius 2 is 1.04 bits per heavy atom. The maximum absolute atomic E-state index is 4.90. The van der Waals surface area contributed by atoms with E-state index in [1.165, 1.54) is 11.1 Å². The molecule has 0 unspecified atom stereocenters. The molecule has 0 radical (unpaired) electrons. The van der Waals surface area contributed by atoms with Crippen LogP contribution in [0.3, 0.4) is 0 Å². The third-order valence-corrected chi connectivity index (χ3v) is 4.29. The van der Waals surface area contributed by atoms with E-state index in [0.29, 0.717) is 10.1 Å². The number of hydrogen-bond donors (Lipinski definition) is 0. The predicted octanol–water partition coefficient (Wildman–Crippen LogP) is 4.20.